The topological polar surface area (TPSA) is 33.0 Å². The molecule has 0 spiro atoms. The van der Waals surface area contributed by atoms with Gasteiger partial charge in [0.2, 0.25) is 0 Å². The summed E-state index contributed by atoms with van der Waals surface area (Å²) >= 11 is 0. The molecule has 0 heterocycles. The Labute approximate surface area is 115 Å². The molecule has 0 bridgehead atoms. The zero-order chi connectivity index (χ0) is 14.1. The molecule has 0 N–H and O–H groups in total. The number of hydrogen-bond donors (Lipinski definition) is 0. The van der Waals surface area contributed by atoms with E-state index in [-0.39, 0.29) is 18.5 Å². The van der Waals surface area contributed by atoms with Crippen molar-refractivity contribution in [2.75, 3.05) is 0 Å². The standard InChI is InChI=1S/C16H22FNO/c1-3-4-5-6-7-13(2)19-12-15-9-8-14(11-18)10-16(15)17/h8-10,13H,3-7,12H2,1-2H3. The molecule has 1 atom stereocenters. The van der Waals surface area contributed by atoms with Crippen LogP contribution in [-0.2, 0) is 11.3 Å². The number of hydrogen-bond acceptors (Lipinski definition) is 2. The smallest absolute Gasteiger partial charge is 0.130 e. The minimum absolute atomic E-state index is 0.145. The Morgan fingerprint density at radius 1 is 1.32 bits per heavy atom. The number of ether oxygens (including phenoxy) is 1. The highest BCUT2D eigenvalue weighted by molar-refractivity contribution is 5.32. The fourth-order valence-electron chi connectivity index (χ4n) is 1.91. The minimum atomic E-state index is -0.364. The Morgan fingerprint density at radius 2 is 2.11 bits per heavy atom. The average Bonchev–Trinajstić information content (AvgIpc) is 2.42. The molecule has 0 saturated carbocycles. The number of unbranched alkanes of at least 4 members (excludes halogenated alkanes) is 3. The van der Waals surface area contributed by atoms with E-state index in [1.807, 2.05) is 13.0 Å². The fourth-order valence-corrected chi connectivity index (χ4v) is 1.91. The number of halogens is 1. The maximum Gasteiger partial charge on any atom is 0.130 e. The zero-order valence-electron chi connectivity index (χ0n) is 11.8. The van der Waals surface area contributed by atoms with E-state index >= 15 is 0 Å². The first-order valence-electron chi connectivity index (χ1n) is 6.97. The van der Waals surface area contributed by atoms with Gasteiger partial charge in [-0.2, -0.15) is 5.26 Å². The fraction of sp³-hybridized carbons (Fsp3) is 0.562. The largest absolute Gasteiger partial charge is 0.374 e. The van der Waals surface area contributed by atoms with E-state index in [1.165, 1.54) is 25.3 Å². The first-order chi connectivity index (χ1) is 9.17. The molecule has 0 saturated heterocycles. The second-order valence-corrected chi connectivity index (χ2v) is 4.89. The van der Waals surface area contributed by atoms with E-state index in [0.717, 1.165) is 12.8 Å². The molecular weight excluding hydrogens is 241 g/mol. The van der Waals surface area contributed by atoms with Crippen LogP contribution >= 0.6 is 0 Å². The predicted molar refractivity (Wildman–Crippen MR) is 74.1 cm³/mol. The van der Waals surface area contributed by atoms with Gasteiger partial charge in [0.25, 0.3) is 0 Å². The number of benzene rings is 1. The molecule has 19 heavy (non-hydrogen) atoms. The van der Waals surface area contributed by atoms with Crippen molar-refractivity contribution < 1.29 is 9.13 Å². The van der Waals surface area contributed by atoms with Gasteiger partial charge in [0, 0.05) is 5.56 Å². The molecule has 1 aromatic rings. The summed E-state index contributed by atoms with van der Waals surface area (Å²) < 4.78 is 19.2. The third kappa shape index (κ3) is 5.85. The molecular formula is C16H22FNO. The number of rotatable bonds is 8. The first kappa shape index (κ1) is 15.7. The summed E-state index contributed by atoms with van der Waals surface area (Å²) in [6, 6.07) is 6.41. The van der Waals surface area contributed by atoms with E-state index < -0.39 is 0 Å². The van der Waals surface area contributed by atoms with Gasteiger partial charge in [-0.05, 0) is 25.5 Å². The Hall–Kier alpha value is -1.40. The molecule has 0 fully saturated rings. The van der Waals surface area contributed by atoms with Crippen LogP contribution in [0, 0.1) is 17.1 Å². The summed E-state index contributed by atoms with van der Waals surface area (Å²) in [6.45, 7) is 4.48. The van der Waals surface area contributed by atoms with Gasteiger partial charge < -0.3 is 4.74 Å². The van der Waals surface area contributed by atoms with E-state index in [4.69, 9.17) is 10.00 Å². The van der Waals surface area contributed by atoms with E-state index in [2.05, 4.69) is 6.92 Å². The molecule has 1 unspecified atom stereocenters. The quantitative estimate of drug-likeness (QED) is 0.643. The van der Waals surface area contributed by atoms with Crippen molar-refractivity contribution in [3.63, 3.8) is 0 Å². The second kappa shape index (κ2) is 8.66. The van der Waals surface area contributed by atoms with Crippen LogP contribution in [0.15, 0.2) is 18.2 Å². The van der Waals surface area contributed by atoms with Crippen LogP contribution < -0.4 is 0 Å². The van der Waals surface area contributed by atoms with Crippen LogP contribution in [-0.4, -0.2) is 6.10 Å². The molecule has 3 heteroatoms. The van der Waals surface area contributed by atoms with Crippen molar-refractivity contribution in [1.82, 2.24) is 0 Å². The molecule has 0 radical (unpaired) electrons. The summed E-state index contributed by atoms with van der Waals surface area (Å²) in [7, 11) is 0. The van der Waals surface area contributed by atoms with Crippen LogP contribution in [0.25, 0.3) is 0 Å². The third-order valence-electron chi connectivity index (χ3n) is 3.17. The monoisotopic (exact) mass is 263 g/mol. The molecule has 0 aliphatic rings. The normalized spacial score (nSPS) is 12.1. The predicted octanol–water partition coefficient (Wildman–Crippen LogP) is 4.57. The van der Waals surface area contributed by atoms with Gasteiger partial charge >= 0.3 is 0 Å². The van der Waals surface area contributed by atoms with Crippen molar-refractivity contribution in [1.29, 1.82) is 5.26 Å². The van der Waals surface area contributed by atoms with Crippen molar-refractivity contribution in [3.8, 4) is 6.07 Å². The van der Waals surface area contributed by atoms with Crippen LogP contribution in [0.4, 0.5) is 4.39 Å². The van der Waals surface area contributed by atoms with Crippen LogP contribution in [0.2, 0.25) is 0 Å². The lowest BCUT2D eigenvalue weighted by molar-refractivity contribution is 0.0443. The van der Waals surface area contributed by atoms with Crippen molar-refractivity contribution in [3.05, 3.63) is 35.1 Å². The van der Waals surface area contributed by atoms with Gasteiger partial charge in [-0.3, -0.25) is 0 Å². The Bertz CT molecular complexity index is 425. The van der Waals surface area contributed by atoms with Gasteiger partial charge in [-0.1, -0.05) is 38.7 Å². The van der Waals surface area contributed by atoms with Crippen LogP contribution in [0.1, 0.15) is 57.1 Å². The van der Waals surface area contributed by atoms with Crippen LogP contribution in [0.5, 0.6) is 0 Å². The Balaban J connectivity index is 2.34. The van der Waals surface area contributed by atoms with Crippen molar-refractivity contribution in [2.24, 2.45) is 0 Å². The van der Waals surface area contributed by atoms with E-state index in [1.54, 1.807) is 12.1 Å². The lowest BCUT2D eigenvalue weighted by Gasteiger charge is -2.13. The van der Waals surface area contributed by atoms with Gasteiger partial charge in [-0.25, -0.2) is 4.39 Å². The summed E-state index contributed by atoms with van der Waals surface area (Å²) in [6.07, 6.45) is 6.04. The third-order valence-corrected chi connectivity index (χ3v) is 3.17. The highest BCUT2D eigenvalue weighted by atomic mass is 19.1. The molecule has 104 valence electrons. The summed E-state index contributed by atoms with van der Waals surface area (Å²) in [5, 5.41) is 8.66. The van der Waals surface area contributed by atoms with Gasteiger partial charge in [-0.15, -0.1) is 0 Å². The van der Waals surface area contributed by atoms with Gasteiger partial charge in [0.15, 0.2) is 0 Å². The number of nitriles is 1. The SMILES string of the molecule is CCCCCCC(C)OCc1ccc(C#N)cc1F. The molecule has 1 aromatic carbocycles. The van der Waals surface area contributed by atoms with E-state index in [0.29, 0.717) is 11.1 Å². The molecule has 0 aliphatic heterocycles. The molecule has 0 amide bonds. The maximum absolute atomic E-state index is 13.6. The lowest BCUT2D eigenvalue weighted by atomic mass is 10.1. The Kier molecular flexibility index (Phi) is 7.14. The first-order valence-corrected chi connectivity index (χ1v) is 6.97. The second-order valence-electron chi connectivity index (χ2n) is 4.89. The lowest BCUT2D eigenvalue weighted by Crippen LogP contribution is -2.08. The molecule has 1 rings (SSSR count). The highest BCUT2D eigenvalue weighted by Gasteiger charge is 2.07. The molecule has 2 nitrogen and oxygen atoms in total. The number of nitrogens with zero attached hydrogens (tertiary/aromatic N) is 1. The minimum Gasteiger partial charge on any atom is -0.374 e. The maximum atomic E-state index is 13.6. The highest BCUT2D eigenvalue weighted by Crippen LogP contribution is 2.14. The summed E-state index contributed by atoms with van der Waals surface area (Å²) in [5.74, 6) is -0.364. The van der Waals surface area contributed by atoms with Gasteiger partial charge in [0.1, 0.15) is 5.82 Å². The molecule has 0 aromatic heterocycles. The summed E-state index contributed by atoms with van der Waals surface area (Å²) in [4.78, 5) is 0. The summed E-state index contributed by atoms with van der Waals surface area (Å²) in [5.41, 5.74) is 0.855. The average molecular weight is 263 g/mol. The van der Waals surface area contributed by atoms with Crippen molar-refractivity contribution >= 4 is 0 Å². The zero-order valence-corrected chi connectivity index (χ0v) is 11.8. The van der Waals surface area contributed by atoms with Gasteiger partial charge in [0.05, 0.1) is 24.3 Å². The molecule has 0 aliphatic carbocycles. The van der Waals surface area contributed by atoms with Crippen molar-refractivity contribution in [2.45, 2.75) is 58.7 Å². The van der Waals surface area contributed by atoms with E-state index in [9.17, 15) is 4.39 Å². The van der Waals surface area contributed by atoms with Crippen LogP contribution in [0.3, 0.4) is 0 Å². The Morgan fingerprint density at radius 3 is 2.74 bits per heavy atom.